The second kappa shape index (κ2) is 5.56. The SMILES string of the molecule is CCCC(Cl)CNc1nc(C)c(C)s1. The highest BCUT2D eigenvalue weighted by molar-refractivity contribution is 7.15. The number of alkyl halides is 1. The Kier molecular flexibility index (Phi) is 4.69. The van der Waals surface area contributed by atoms with E-state index < -0.39 is 0 Å². The van der Waals surface area contributed by atoms with Crippen LogP contribution in [0.3, 0.4) is 0 Å². The van der Waals surface area contributed by atoms with Crippen LogP contribution in [0.25, 0.3) is 0 Å². The van der Waals surface area contributed by atoms with Crippen LogP contribution in [0.15, 0.2) is 0 Å². The van der Waals surface area contributed by atoms with E-state index in [-0.39, 0.29) is 5.38 Å². The maximum Gasteiger partial charge on any atom is 0.183 e. The first-order valence-electron chi connectivity index (χ1n) is 4.95. The number of aromatic nitrogens is 1. The van der Waals surface area contributed by atoms with E-state index in [9.17, 15) is 0 Å². The van der Waals surface area contributed by atoms with E-state index in [0.29, 0.717) is 0 Å². The van der Waals surface area contributed by atoms with Gasteiger partial charge in [-0.2, -0.15) is 0 Å². The molecular weight excluding hydrogens is 216 g/mol. The smallest absolute Gasteiger partial charge is 0.183 e. The van der Waals surface area contributed by atoms with Crippen LogP contribution in [0.4, 0.5) is 5.13 Å². The van der Waals surface area contributed by atoms with Gasteiger partial charge in [-0.05, 0) is 20.3 Å². The molecule has 1 unspecified atom stereocenters. The minimum absolute atomic E-state index is 0.213. The molecule has 4 heteroatoms. The number of thiazole rings is 1. The zero-order valence-corrected chi connectivity index (χ0v) is 10.5. The van der Waals surface area contributed by atoms with Crippen molar-refractivity contribution in [3.63, 3.8) is 0 Å². The molecule has 0 saturated heterocycles. The van der Waals surface area contributed by atoms with Crippen molar-refractivity contribution in [2.75, 3.05) is 11.9 Å². The van der Waals surface area contributed by atoms with Gasteiger partial charge in [-0.15, -0.1) is 22.9 Å². The van der Waals surface area contributed by atoms with Crippen LogP contribution in [-0.2, 0) is 0 Å². The van der Waals surface area contributed by atoms with Crippen LogP contribution < -0.4 is 5.32 Å². The van der Waals surface area contributed by atoms with Crippen molar-refractivity contribution in [2.24, 2.45) is 0 Å². The van der Waals surface area contributed by atoms with Crippen molar-refractivity contribution in [1.29, 1.82) is 0 Å². The first kappa shape index (κ1) is 11.8. The van der Waals surface area contributed by atoms with Crippen LogP contribution in [-0.4, -0.2) is 16.9 Å². The molecule has 2 nitrogen and oxygen atoms in total. The average Bonchev–Trinajstić information content (AvgIpc) is 2.44. The van der Waals surface area contributed by atoms with Gasteiger partial charge in [0.05, 0.1) is 11.1 Å². The van der Waals surface area contributed by atoms with E-state index in [2.05, 4.69) is 24.1 Å². The maximum absolute atomic E-state index is 6.09. The van der Waals surface area contributed by atoms with Gasteiger partial charge >= 0.3 is 0 Å². The Morgan fingerprint density at radius 1 is 1.50 bits per heavy atom. The molecule has 0 fully saturated rings. The number of hydrogen-bond acceptors (Lipinski definition) is 3. The quantitative estimate of drug-likeness (QED) is 0.785. The first-order valence-corrected chi connectivity index (χ1v) is 6.20. The molecule has 1 aromatic rings. The van der Waals surface area contributed by atoms with Crippen LogP contribution in [0.2, 0.25) is 0 Å². The molecule has 14 heavy (non-hydrogen) atoms. The van der Waals surface area contributed by atoms with Crippen molar-refractivity contribution < 1.29 is 0 Å². The predicted molar refractivity (Wildman–Crippen MR) is 64.6 cm³/mol. The monoisotopic (exact) mass is 232 g/mol. The van der Waals surface area contributed by atoms with Gasteiger partial charge < -0.3 is 5.32 Å². The predicted octanol–water partition coefficient (Wildman–Crippen LogP) is 3.58. The normalized spacial score (nSPS) is 12.9. The molecule has 0 radical (unpaired) electrons. The fourth-order valence-electron chi connectivity index (χ4n) is 1.16. The fourth-order valence-corrected chi connectivity index (χ4v) is 2.28. The lowest BCUT2D eigenvalue weighted by molar-refractivity contribution is 0.751. The third-order valence-electron chi connectivity index (χ3n) is 2.11. The van der Waals surface area contributed by atoms with Crippen molar-refractivity contribution in [3.05, 3.63) is 10.6 Å². The van der Waals surface area contributed by atoms with E-state index in [1.807, 2.05) is 6.92 Å². The molecule has 0 saturated carbocycles. The van der Waals surface area contributed by atoms with E-state index in [4.69, 9.17) is 11.6 Å². The van der Waals surface area contributed by atoms with Gasteiger partial charge in [0.1, 0.15) is 0 Å². The summed E-state index contributed by atoms with van der Waals surface area (Å²) in [5, 5.41) is 4.47. The molecule has 1 heterocycles. The molecule has 0 aliphatic heterocycles. The van der Waals surface area contributed by atoms with Crippen molar-refractivity contribution in [1.82, 2.24) is 4.98 Å². The zero-order chi connectivity index (χ0) is 10.6. The van der Waals surface area contributed by atoms with Crippen LogP contribution in [0.1, 0.15) is 30.3 Å². The van der Waals surface area contributed by atoms with Crippen molar-refractivity contribution >= 4 is 28.1 Å². The standard InChI is InChI=1S/C10H17ClN2S/c1-4-5-9(11)6-12-10-13-7(2)8(3)14-10/h9H,4-6H2,1-3H3,(H,12,13). The summed E-state index contributed by atoms with van der Waals surface area (Å²) < 4.78 is 0. The van der Waals surface area contributed by atoms with Crippen LogP contribution in [0, 0.1) is 13.8 Å². The van der Waals surface area contributed by atoms with Gasteiger partial charge in [0, 0.05) is 11.4 Å². The lowest BCUT2D eigenvalue weighted by Crippen LogP contribution is -2.13. The topological polar surface area (TPSA) is 24.9 Å². The Morgan fingerprint density at radius 3 is 2.71 bits per heavy atom. The molecule has 1 N–H and O–H groups in total. The van der Waals surface area contributed by atoms with E-state index in [1.165, 1.54) is 4.88 Å². The number of hydrogen-bond donors (Lipinski definition) is 1. The summed E-state index contributed by atoms with van der Waals surface area (Å²) in [5.41, 5.74) is 1.11. The first-order chi connectivity index (χ1) is 6.63. The fraction of sp³-hybridized carbons (Fsp3) is 0.700. The van der Waals surface area contributed by atoms with Crippen molar-refractivity contribution in [3.8, 4) is 0 Å². The second-order valence-electron chi connectivity index (χ2n) is 3.43. The lowest BCUT2D eigenvalue weighted by Gasteiger charge is -2.07. The van der Waals surface area contributed by atoms with E-state index in [0.717, 1.165) is 30.2 Å². The summed E-state index contributed by atoms with van der Waals surface area (Å²) in [4.78, 5) is 5.66. The number of halogens is 1. The highest BCUT2D eigenvalue weighted by Gasteiger charge is 2.06. The van der Waals surface area contributed by atoms with E-state index >= 15 is 0 Å². The minimum Gasteiger partial charge on any atom is -0.360 e. The molecule has 0 bridgehead atoms. The molecule has 1 rings (SSSR count). The third kappa shape index (κ3) is 3.46. The highest BCUT2D eigenvalue weighted by Crippen LogP contribution is 2.21. The van der Waals surface area contributed by atoms with Crippen LogP contribution in [0.5, 0.6) is 0 Å². The van der Waals surface area contributed by atoms with Gasteiger partial charge in [-0.1, -0.05) is 13.3 Å². The lowest BCUT2D eigenvalue weighted by atomic mass is 10.2. The molecule has 0 spiro atoms. The summed E-state index contributed by atoms with van der Waals surface area (Å²) in [5.74, 6) is 0. The summed E-state index contributed by atoms with van der Waals surface area (Å²) in [6, 6.07) is 0. The molecule has 0 aromatic carbocycles. The van der Waals surface area contributed by atoms with Gasteiger partial charge in [0.15, 0.2) is 5.13 Å². The number of aryl methyl sites for hydroxylation is 2. The van der Waals surface area contributed by atoms with Gasteiger partial charge in [-0.3, -0.25) is 0 Å². The van der Waals surface area contributed by atoms with Gasteiger partial charge in [0.25, 0.3) is 0 Å². The zero-order valence-electron chi connectivity index (χ0n) is 8.93. The Balaban J connectivity index is 2.38. The third-order valence-corrected chi connectivity index (χ3v) is 3.51. The summed E-state index contributed by atoms with van der Waals surface area (Å²) in [6.45, 7) is 7.07. The maximum atomic E-state index is 6.09. The molecule has 0 aliphatic carbocycles. The summed E-state index contributed by atoms with van der Waals surface area (Å²) in [6.07, 6.45) is 2.18. The summed E-state index contributed by atoms with van der Waals surface area (Å²) in [7, 11) is 0. The highest BCUT2D eigenvalue weighted by atomic mass is 35.5. The minimum atomic E-state index is 0.213. The van der Waals surface area contributed by atoms with Crippen LogP contribution >= 0.6 is 22.9 Å². The molecular formula is C10H17ClN2S. The number of nitrogens with zero attached hydrogens (tertiary/aromatic N) is 1. The van der Waals surface area contributed by atoms with E-state index in [1.54, 1.807) is 11.3 Å². The summed E-state index contributed by atoms with van der Waals surface area (Å²) >= 11 is 7.79. The Labute approximate surface area is 94.7 Å². The Bertz CT molecular complexity index is 266. The Morgan fingerprint density at radius 2 is 2.21 bits per heavy atom. The number of anilines is 1. The molecule has 1 aromatic heterocycles. The number of rotatable bonds is 5. The Hall–Kier alpha value is -0.280. The van der Waals surface area contributed by atoms with Gasteiger partial charge in [-0.25, -0.2) is 4.98 Å². The number of nitrogens with one attached hydrogen (secondary N) is 1. The van der Waals surface area contributed by atoms with Gasteiger partial charge in [0.2, 0.25) is 0 Å². The van der Waals surface area contributed by atoms with Crippen molar-refractivity contribution in [2.45, 2.75) is 39.0 Å². The molecule has 0 amide bonds. The average molecular weight is 233 g/mol. The molecule has 0 aliphatic rings. The molecule has 1 atom stereocenters. The second-order valence-corrected chi connectivity index (χ2v) is 5.25. The largest absolute Gasteiger partial charge is 0.360 e. The molecule has 80 valence electrons.